The fourth-order valence-electron chi connectivity index (χ4n) is 1.53. The molecule has 0 aliphatic heterocycles. The van der Waals surface area contributed by atoms with Gasteiger partial charge < -0.3 is 10.8 Å². The van der Waals surface area contributed by atoms with Gasteiger partial charge in [-0.2, -0.15) is 17.9 Å². The first-order chi connectivity index (χ1) is 8.80. The third-order valence-electron chi connectivity index (χ3n) is 2.38. The average molecular weight is 271 g/mol. The number of benzene rings is 1. The first-order valence-corrected chi connectivity index (χ1v) is 5.06. The van der Waals surface area contributed by atoms with Crippen LogP contribution in [0.1, 0.15) is 5.56 Å². The molecule has 0 amide bonds. The summed E-state index contributed by atoms with van der Waals surface area (Å²) >= 11 is 0. The third-order valence-corrected chi connectivity index (χ3v) is 2.38. The molecule has 0 radical (unpaired) electrons. The molecule has 0 atom stereocenters. The Kier molecular flexibility index (Phi) is 2.93. The zero-order valence-electron chi connectivity index (χ0n) is 9.35. The van der Waals surface area contributed by atoms with Crippen LogP contribution < -0.4 is 11.3 Å². The highest BCUT2D eigenvalue weighted by molar-refractivity contribution is 5.47. The summed E-state index contributed by atoms with van der Waals surface area (Å²) in [5, 5.41) is 12.6. The molecule has 0 bridgehead atoms. The fraction of sp³-hybridized carbons (Fsp3) is 0.0909. The molecule has 19 heavy (non-hydrogen) atoms. The van der Waals surface area contributed by atoms with Crippen molar-refractivity contribution in [3.05, 3.63) is 46.2 Å². The van der Waals surface area contributed by atoms with E-state index in [-0.39, 0.29) is 0 Å². The standard InChI is InChI=1S/C11H8F3N3O2/c12-11(13,14)6-3-1-2-4-7(6)17-9(19)5-8(18)10(15)16-17/h1-5,18H,(H2,15,16). The number of halogens is 3. The molecule has 2 aromatic rings. The zero-order chi connectivity index (χ0) is 14.2. The number of hydrogen-bond acceptors (Lipinski definition) is 4. The van der Waals surface area contributed by atoms with E-state index in [0.717, 1.165) is 12.1 Å². The van der Waals surface area contributed by atoms with Crippen molar-refractivity contribution < 1.29 is 18.3 Å². The number of para-hydroxylation sites is 1. The second kappa shape index (κ2) is 4.30. The van der Waals surface area contributed by atoms with Crippen LogP contribution in [0.2, 0.25) is 0 Å². The molecule has 5 nitrogen and oxygen atoms in total. The zero-order valence-corrected chi connectivity index (χ0v) is 9.35. The number of hydrogen-bond donors (Lipinski definition) is 2. The Morgan fingerprint density at radius 2 is 1.89 bits per heavy atom. The topological polar surface area (TPSA) is 81.1 Å². The van der Waals surface area contributed by atoms with Gasteiger partial charge in [0.15, 0.2) is 11.6 Å². The molecule has 1 heterocycles. The van der Waals surface area contributed by atoms with Gasteiger partial charge >= 0.3 is 6.18 Å². The average Bonchev–Trinajstić information content (AvgIpc) is 2.33. The SMILES string of the molecule is Nc1nn(-c2ccccc2C(F)(F)F)c(=O)cc1O. The van der Waals surface area contributed by atoms with E-state index in [1.165, 1.54) is 12.1 Å². The second-order valence-corrected chi connectivity index (χ2v) is 3.68. The van der Waals surface area contributed by atoms with E-state index >= 15 is 0 Å². The lowest BCUT2D eigenvalue weighted by molar-refractivity contribution is -0.137. The molecule has 8 heteroatoms. The van der Waals surface area contributed by atoms with Gasteiger partial charge in [-0.25, -0.2) is 0 Å². The van der Waals surface area contributed by atoms with Crippen molar-refractivity contribution in [1.29, 1.82) is 0 Å². The quantitative estimate of drug-likeness (QED) is 0.824. The maximum atomic E-state index is 12.8. The van der Waals surface area contributed by atoms with Crippen molar-refractivity contribution in [2.24, 2.45) is 0 Å². The molecule has 0 saturated carbocycles. The molecule has 0 spiro atoms. The van der Waals surface area contributed by atoms with Crippen LogP contribution in [0.15, 0.2) is 35.1 Å². The number of nitrogens with two attached hydrogens (primary N) is 1. The van der Waals surface area contributed by atoms with Gasteiger partial charge in [-0.15, -0.1) is 5.10 Å². The molecular weight excluding hydrogens is 263 g/mol. The Morgan fingerprint density at radius 1 is 1.26 bits per heavy atom. The first kappa shape index (κ1) is 12.9. The van der Waals surface area contributed by atoms with E-state index in [0.29, 0.717) is 10.7 Å². The van der Waals surface area contributed by atoms with Crippen molar-refractivity contribution in [3.8, 4) is 11.4 Å². The Morgan fingerprint density at radius 3 is 2.53 bits per heavy atom. The van der Waals surface area contributed by atoms with Crippen molar-refractivity contribution >= 4 is 5.82 Å². The summed E-state index contributed by atoms with van der Waals surface area (Å²) in [4.78, 5) is 11.6. The molecule has 0 saturated heterocycles. The second-order valence-electron chi connectivity index (χ2n) is 3.68. The predicted molar refractivity (Wildman–Crippen MR) is 60.9 cm³/mol. The number of aromatic nitrogens is 2. The molecule has 0 unspecified atom stereocenters. The van der Waals surface area contributed by atoms with E-state index in [9.17, 15) is 23.1 Å². The fourth-order valence-corrected chi connectivity index (χ4v) is 1.53. The number of anilines is 1. The molecule has 1 aromatic carbocycles. The van der Waals surface area contributed by atoms with Crippen LogP contribution >= 0.6 is 0 Å². The minimum absolute atomic E-state index is 0.434. The summed E-state index contributed by atoms with van der Waals surface area (Å²) in [6.45, 7) is 0. The van der Waals surface area contributed by atoms with Gasteiger partial charge in [-0.3, -0.25) is 4.79 Å². The van der Waals surface area contributed by atoms with Crippen LogP contribution in [0.3, 0.4) is 0 Å². The summed E-state index contributed by atoms with van der Waals surface area (Å²) < 4.78 is 39.0. The molecule has 0 fully saturated rings. The maximum Gasteiger partial charge on any atom is 0.418 e. The van der Waals surface area contributed by atoms with Gasteiger partial charge in [0.1, 0.15) is 0 Å². The number of nitrogens with zero attached hydrogens (tertiary/aromatic N) is 2. The van der Waals surface area contributed by atoms with Crippen LogP contribution in [-0.4, -0.2) is 14.9 Å². The van der Waals surface area contributed by atoms with Gasteiger partial charge in [-0.05, 0) is 12.1 Å². The van der Waals surface area contributed by atoms with Crippen LogP contribution in [0, 0.1) is 0 Å². The van der Waals surface area contributed by atoms with Crippen molar-refractivity contribution in [2.75, 3.05) is 5.73 Å². The molecule has 100 valence electrons. The minimum atomic E-state index is -4.63. The normalized spacial score (nSPS) is 11.5. The number of rotatable bonds is 1. The lowest BCUT2D eigenvalue weighted by Gasteiger charge is -2.13. The van der Waals surface area contributed by atoms with E-state index < -0.39 is 34.6 Å². The van der Waals surface area contributed by atoms with Gasteiger partial charge in [-0.1, -0.05) is 12.1 Å². The number of aromatic hydroxyl groups is 1. The largest absolute Gasteiger partial charge is 0.504 e. The molecule has 1 aromatic heterocycles. The first-order valence-electron chi connectivity index (χ1n) is 5.06. The summed E-state index contributed by atoms with van der Waals surface area (Å²) in [6.07, 6.45) is -4.63. The minimum Gasteiger partial charge on any atom is -0.504 e. The summed E-state index contributed by atoms with van der Waals surface area (Å²) in [6, 6.07) is 5.15. The third kappa shape index (κ3) is 2.37. The highest BCUT2D eigenvalue weighted by Gasteiger charge is 2.34. The Hall–Kier alpha value is -2.51. The van der Waals surface area contributed by atoms with Crippen LogP contribution in [0.4, 0.5) is 19.0 Å². The highest BCUT2D eigenvalue weighted by Crippen LogP contribution is 2.33. The van der Waals surface area contributed by atoms with Gasteiger partial charge in [0.25, 0.3) is 5.56 Å². The smallest absolute Gasteiger partial charge is 0.418 e. The molecular formula is C11H8F3N3O2. The monoisotopic (exact) mass is 271 g/mol. The maximum absolute atomic E-state index is 12.8. The van der Waals surface area contributed by atoms with Crippen molar-refractivity contribution in [2.45, 2.75) is 6.18 Å². The molecule has 2 rings (SSSR count). The van der Waals surface area contributed by atoms with Gasteiger partial charge in [0.05, 0.1) is 17.3 Å². The van der Waals surface area contributed by atoms with Gasteiger partial charge in [0.2, 0.25) is 0 Å². The van der Waals surface area contributed by atoms with E-state index in [1.807, 2.05) is 0 Å². The molecule has 3 N–H and O–H groups in total. The van der Waals surface area contributed by atoms with Crippen LogP contribution in [0.5, 0.6) is 5.75 Å². The van der Waals surface area contributed by atoms with Crippen LogP contribution in [-0.2, 0) is 6.18 Å². The van der Waals surface area contributed by atoms with Crippen molar-refractivity contribution in [3.63, 3.8) is 0 Å². The number of nitrogen functional groups attached to an aromatic ring is 1. The molecule has 0 aliphatic carbocycles. The van der Waals surface area contributed by atoms with Crippen molar-refractivity contribution in [1.82, 2.24) is 9.78 Å². The lowest BCUT2D eigenvalue weighted by atomic mass is 10.1. The summed E-state index contributed by atoms with van der Waals surface area (Å²) in [7, 11) is 0. The Balaban J connectivity index is 2.74. The lowest BCUT2D eigenvalue weighted by Crippen LogP contribution is -2.24. The summed E-state index contributed by atoms with van der Waals surface area (Å²) in [5.74, 6) is -1.01. The number of alkyl halides is 3. The van der Waals surface area contributed by atoms with Crippen LogP contribution in [0.25, 0.3) is 5.69 Å². The summed E-state index contributed by atoms with van der Waals surface area (Å²) in [5.41, 5.74) is 2.90. The van der Waals surface area contributed by atoms with E-state index in [4.69, 9.17) is 5.73 Å². The van der Waals surface area contributed by atoms with Gasteiger partial charge in [0, 0.05) is 0 Å². The van der Waals surface area contributed by atoms with E-state index in [2.05, 4.69) is 5.10 Å². The predicted octanol–water partition coefficient (Wildman–Crippen LogP) is 1.54. The Bertz CT molecular complexity index is 680. The highest BCUT2D eigenvalue weighted by atomic mass is 19.4. The molecule has 0 aliphatic rings. The van der Waals surface area contributed by atoms with E-state index in [1.54, 1.807) is 0 Å². The Labute approximate surface area is 104 Å².